The molecule has 0 bridgehead atoms. The van der Waals surface area contributed by atoms with Gasteiger partial charge in [0.2, 0.25) is 5.91 Å². The fourth-order valence-corrected chi connectivity index (χ4v) is 2.41. The van der Waals surface area contributed by atoms with Crippen LogP contribution in [0.15, 0.2) is 30.8 Å². The molecule has 1 heterocycles. The van der Waals surface area contributed by atoms with Crippen LogP contribution in [0.25, 0.3) is 5.70 Å². The van der Waals surface area contributed by atoms with E-state index in [1.54, 1.807) is 20.1 Å². The lowest BCUT2D eigenvalue weighted by Gasteiger charge is -2.24. The Hall–Kier alpha value is -2.14. The summed E-state index contributed by atoms with van der Waals surface area (Å²) in [7, 11) is 1.62. The summed E-state index contributed by atoms with van der Waals surface area (Å²) in [5, 5.41) is 2.81. The summed E-state index contributed by atoms with van der Waals surface area (Å²) in [5.74, 6) is -0.358. The van der Waals surface area contributed by atoms with Crippen LogP contribution < -0.4 is 5.32 Å². The lowest BCUT2D eigenvalue weighted by molar-refractivity contribution is -0.124. The maximum atomic E-state index is 12.4. The molecule has 0 fully saturated rings. The molecular weight excluding hydrogens is 268 g/mol. The Morgan fingerprint density at radius 1 is 1.38 bits per heavy atom. The van der Waals surface area contributed by atoms with E-state index in [4.69, 9.17) is 4.74 Å². The highest BCUT2D eigenvalue weighted by atomic mass is 16.5. The molecule has 2 rings (SSSR count). The van der Waals surface area contributed by atoms with Crippen molar-refractivity contribution in [3.63, 3.8) is 0 Å². The maximum Gasteiger partial charge on any atom is 0.259 e. The number of hydrogen-bond acceptors (Lipinski definition) is 3. The summed E-state index contributed by atoms with van der Waals surface area (Å²) in [4.78, 5) is 26.0. The summed E-state index contributed by atoms with van der Waals surface area (Å²) in [6.45, 7) is 6.77. The standard InChI is InChI=1S/C16H20N2O3/c1-11-13-7-4-5-8-14(13)16(20)18(11)12(2)15(19)17-9-6-10-21-3/h4-5,7-8,12H,1,6,9-10H2,2-3H3,(H,17,19). The van der Waals surface area contributed by atoms with Crippen LogP contribution in [-0.4, -0.2) is 43.0 Å². The minimum atomic E-state index is -0.583. The molecule has 1 aromatic rings. The van der Waals surface area contributed by atoms with Gasteiger partial charge >= 0.3 is 0 Å². The minimum Gasteiger partial charge on any atom is -0.385 e. The number of fused-ring (bicyclic) bond motifs is 1. The number of carbonyl (C=O) groups is 2. The van der Waals surface area contributed by atoms with E-state index in [1.165, 1.54) is 4.90 Å². The van der Waals surface area contributed by atoms with Gasteiger partial charge in [-0.2, -0.15) is 0 Å². The van der Waals surface area contributed by atoms with Crippen LogP contribution in [0, 0.1) is 0 Å². The van der Waals surface area contributed by atoms with E-state index in [1.807, 2.05) is 18.2 Å². The first-order valence-corrected chi connectivity index (χ1v) is 6.96. The van der Waals surface area contributed by atoms with Gasteiger partial charge in [0.1, 0.15) is 6.04 Å². The lowest BCUT2D eigenvalue weighted by atomic mass is 10.1. The van der Waals surface area contributed by atoms with Crippen LogP contribution in [0.5, 0.6) is 0 Å². The molecule has 112 valence electrons. The average Bonchev–Trinajstić information content (AvgIpc) is 2.75. The molecule has 0 aliphatic carbocycles. The van der Waals surface area contributed by atoms with Crippen LogP contribution >= 0.6 is 0 Å². The molecule has 0 aromatic heterocycles. The van der Waals surface area contributed by atoms with Gasteiger partial charge in [-0.15, -0.1) is 0 Å². The fourth-order valence-electron chi connectivity index (χ4n) is 2.41. The van der Waals surface area contributed by atoms with Gasteiger partial charge in [-0.25, -0.2) is 0 Å². The van der Waals surface area contributed by atoms with E-state index in [9.17, 15) is 9.59 Å². The zero-order chi connectivity index (χ0) is 15.4. The molecule has 1 atom stereocenters. The summed E-state index contributed by atoms with van der Waals surface area (Å²) in [6.07, 6.45) is 0.740. The highest BCUT2D eigenvalue weighted by Gasteiger charge is 2.36. The van der Waals surface area contributed by atoms with Gasteiger partial charge in [0.05, 0.1) is 0 Å². The third kappa shape index (κ3) is 2.97. The largest absolute Gasteiger partial charge is 0.385 e. The summed E-state index contributed by atoms with van der Waals surface area (Å²) >= 11 is 0. The average molecular weight is 288 g/mol. The van der Waals surface area contributed by atoms with Crippen molar-refractivity contribution >= 4 is 17.5 Å². The highest BCUT2D eigenvalue weighted by Crippen LogP contribution is 2.32. The Labute approximate surface area is 124 Å². The number of ether oxygens (including phenoxy) is 1. The molecule has 1 unspecified atom stereocenters. The minimum absolute atomic E-state index is 0.171. The van der Waals surface area contributed by atoms with Crippen molar-refractivity contribution in [3.05, 3.63) is 42.0 Å². The maximum absolute atomic E-state index is 12.4. The quantitative estimate of drug-likeness (QED) is 0.810. The van der Waals surface area contributed by atoms with Crippen LogP contribution in [0.1, 0.15) is 29.3 Å². The molecule has 2 amide bonds. The molecular formula is C16H20N2O3. The molecule has 0 saturated carbocycles. The van der Waals surface area contributed by atoms with E-state index >= 15 is 0 Å². The predicted octanol–water partition coefficient (Wildman–Crippen LogP) is 1.65. The van der Waals surface area contributed by atoms with Crippen LogP contribution in [0.4, 0.5) is 0 Å². The van der Waals surface area contributed by atoms with Gasteiger partial charge in [-0.1, -0.05) is 24.8 Å². The Morgan fingerprint density at radius 3 is 2.67 bits per heavy atom. The first-order chi connectivity index (χ1) is 10.1. The monoisotopic (exact) mass is 288 g/mol. The van der Waals surface area contributed by atoms with Gasteiger partial charge in [0.15, 0.2) is 0 Å². The van der Waals surface area contributed by atoms with Gasteiger partial charge in [0.25, 0.3) is 5.91 Å². The van der Waals surface area contributed by atoms with E-state index in [0.717, 1.165) is 12.0 Å². The lowest BCUT2D eigenvalue weighted by Crippen LogP contribution is -2.45. The molecule has 1 aliphatic heterocycles. The zero-order valence-electron chi connectivity index (χ0n) is 12.4. The second kappa shape index (κ2) is 6.54. The molecule has 21 heavy (non-hydrogen) atoms. The van der Waals surface area contributed by atoms with E-state index in [-0.39, 0.29) is 11.8 Å². The van der Waals surface area contributed by atoms with Crippen LogP contribution in [0.3, 0.4) is 0 Å². The molecule has 0 radical (unpaired) electrons. The molecule has 5 nitrogen and oxygen atoms in total. The van der Waals surface area contributed by atoms with Crippen LogP contribution in [-0.2, 0) is 9.53 Å². The smallest absolute Gasteiger partial charge is 0.259 e. The van der Waals surface area contributed by atoms with Crippen molar-refractivity contribution in [1.82, 2.24) is 10.2 Å². The molecule has 0 spiro atoms. The van der Waals surface area contributed by atoms with Crippen molar-refractivity contribution in [1.29, 1.82) is 0 Å². The first-order valence-electron chi connectivity index (χ1n) is 6.96. The SMILES string of the molecule is C=C1c2ccccc2C(=O)N1C(C)C(=O)NCCCOC. The topological polar surface area (TPSA) is 58.6 Å². The number of amides is 2. The fraction of sp³-hybridized carbons (Fsp3) is 0.375. The Morgan fingerprint density at radius 2 is 2.05 bits per heavy atom. The first kappa shape index (κ1) is 15.3. The van der Waals surface area contributed by atoms with Gasteiger partial charge < -0.3 is 10.1 Å². The number of nitrogens with zero attached hydrogens (tertiary/aromatic N) is 1. The number of nitrogens with one attached hydrogen (secondary N) is 1. The van der Waals surface area contributed by atoms with Gasteiger partial charge in [-0.05, 0) is 19.4 Å². The Bertz CT molecular complexity index is 533. The molecule has 1 aromatic carbocycles. The van der Waals surface area contributed by atoms with E-state index in [2.05, 4.69) is 11.9 Å². The summed E-state index contributed by atoms with van der Waals surface area (Å²) in [5.41, 5.74) is 1.97. The predicted molar refractivity (Wildman–Crippen MR) is 80.6 cm³/mol. The van der Waals surface area contributed by atoms with Crippen LogP contribution in [0.2, 0.25) is 0 Å². The van der Waals surface area contributed by atoms with Gasteiger partial charge in [-0.3, -0.25) is 14.5 Å². The van der Waals surface area contributed by atoms with Crippen molar-refractivity contribution < 1.29 is 14.3 Å². The normalized spacial score (nSPS) is 15.0. The van der Waals surface area contributed by atoms with Crippen molar-refractivity contribution in [2.45, 2.75) is 19.4 Å². The molecule has 1 N–H and O–H groups in total. The number of rotatable bonds is 6. The summed E-state index contributed by atoms with van der Waals surface area (Å²) < 4.78 is 4.93. The third-order valence-electron chi connectivity index (χ3n) is 3.57. The van der Waals surface area contributed by atoms with E-state index in [0.29, 0.717) is 24.4 Å². The molecule has 0 saturated heterocycles. The van der Waals surface area contributed by atoms with Crippen molar-refractivity contribution in [2.24, 2.45) is 0 Å². The Kier molecular flexibility index (Phi) is 4.75. The van der Waals surface area contributed by atoms with Crippen molar-refractivity contribution in [3.8, 4) is 0 Å². The second-order valence-corrected chi connectivity index (χ2v) is 4.98. The number of hydrogen-bond donors (Lipinski definition) is 1. The van der Waals surface area contributed by atoms with Crippen molar-refractivity contribution in [2.75, 3.05) is 20.3 Å². The number of methoxy groups -OCH3 is 1. The van der Waals surface area contributed by atoms with E-state index < -0.39 is 6.04 Å². The number of benzene rings is 1. The summed E-state index contributed by atoms with van der Waals surface area (Å²) in [6, 6.07) is 6.68. The number of carbonyl (C=O) groups excluding carboxylic acids is 2. The molecule has 5 heteroatoms. The van der Waals surface area contributed by atoms with Gasteiger partial charge in [0, 0.05) is 37.1 Å². The second-order valence-electron chi connectivity index (χ2n) is 4.98. The Balaban J connectivity index is 2.04. The third-order valence-corrected chi connectivity index (χ3v) is 3.57. The highest BCUT2D eigenvalue weighted by molar-refractivity contribution is 6.10. The molecule has 1 aliphatic rings. The zero-order valence-corrected chi connectivity index (χ0v) is 12.4.